The molecule has 2 aromatic heterocycles. The van der Waals surface area contributed by atoms with Crippen LogP contribution in [0.4, 0.5) is 0 Å². The summed E-state index contributed by atoms with van der Waals surface area (Å²) in [5.74, 6) is 2.62. The molecule has 4 heterocycles. The van der Waals surface area contributed by atoms with Crippen molar-refractivity contribution in [3.63, 3.8) is 0 Å². The Morgan fingerprint density at radius 1 is 1.19 bits per heavy atom. The van der Waals surface area contributed by atoms with Gasteiger partial charge in [-0.2, -0.15) is 0 Å². The lowest BCUT2D eigenvalue weighted by Gasteiger charge is -2.27. The van der Waals surface area contributed by atoms with E-state index >= 15 is 0 Å². The first-order valence-electron chi connectivity index (χ1n) is 8.53. The van der Waals surface area contributed by atoms with Crippen LogP contribution in [0, 0.1) is 0 Å². The molecule has 0 aliphatic carbocycles. The van der Waals surface area contributed by atoms with Crippen LogP contribution in [0.25, 0.3) is 11.6 Å². The standard InChI is InChI=1S/C19H17N3O4/c23-19-13-5-6-22(9-12-3-4-15-17(8-12)26-11-25-15)10-14(13)20-18(21-19)16-2-1-7-24-16/h1-4,7-8H,5-6,9-11H2,(H,20,21,23). The minimum atomic E-state index is -0.0795. The lowest BCUT2D eigenvalue weighted by molar-refractivity contribution is 0.174. The summed E-state index contributed by atoms with van der Waals surface area (Å²) in [7, 11) is 0. The maximum atomic E-state index is 12.4. The van der Waals surface area contributed by atoms with E-state index in [1.807, 2.05) is 18.2 Å². The number of aromatic amines is 1. The normalized spacial score (nSPS) is 15.8. The molecule has 2 aliphatic heterocycles. The summed E-state index contributed by atoms with van der Waals surface area (Å²) in [5.41, 5.74) is 2.65. The molecule has 7 nitrogen and oxygen atoms in total. The average Bonchev–Trinajstić information content (AvgIpc) is 3.33. The maximum absolute atomic E-state index is 12.4. The average molecular weight is 351 g/mol. The van der Waals surface area contributed by atoms with Crippen LogP contribution in [0.2, 0.25) is 0 Å². The van der Waals surface area contributed by atoms with Crippen molar-refractivity contribution in [3.8, 4) is 23.1 Å². The molecule has 1 aromatic carbocycles. The quantitative estimate of drug-likeness (QED) is 0.780. The molecule has 0 amide bonds. The van der Waals surface area contributed by atoms with Crippen molar-refractivity contribution in [2.45, 2.75) is 19.5 Å². The summed E-state index contributed by atoms with van der Waals surface area (Å²) in [5, 5.41) is 0. The molecule has 0 saturated heterocycles. The van der Waals surface area contributed by atoms with Gasteiger partial charge in [0.05, 0.1) is 12.0 Å². The molecule has 26 heavy (non-hydrogen) atoms. The number of nitrogens with one attached hydrogen (secondary N) is 1. The maximum Gasteiger partial charge on any atom is 0.254 e. The smallest absolute Gasteiger partial charge is 0.254 e. The van der Waals surface area contributed by atoms with Crippen LogP contribution in [0.1, 0.15) is 16.8 Å². The van der Waals surface area contributed by atoms with E-state index in [0.29, 0.717) is 24.6 Å². The molecule has 2 aliphatic rings. The summed E-state index contributed by atoms with van der Waals surface area (Å²) >= 11 is 0. The first-order chi connectivity index (χ1) is 12.8. The Bertz CT molecular complexity index is 1010. The number of hydrogen-bond acceptors (Lipinski definition) is 6. The summed E-state index contributed by atoms with van der Waals surface area (Å²) in [4.78, 5) is 22.1. The van der Waals surface area contributed by atoms with Crippen LogP contribution < -0.4 is 15.0 Å². The minimum absolute atomic E-state index is 0.0795. The highest BCUT2D eigenvalue weighted by atomic mass is 16.7. The zero-order valence-electron chi connectivity index (χ0n) is 14.0. The molecule has 0 spiro atoms. The monoisotopic (exact) mass is 351 g/mol. The second-order valence-electron chi connectivity index (χ2n) is 6.47. The molecule has 132 valence electrons. The van der Waals surface area contributed by atoms with Crippen LogP contribution in [-0.2, 0) is 19.5 Å². The van der Waals surface area contributed by atoms with Crippen molar-refractivity contribution in [2.75, 3.05) is 13.3 Å². The Balaban J connectivity index is 1.40. The van der Waals surface area contributed by atoms with Crippen molar-refractivity contribution >= 4 is 0 Å². The Kier molecular flexibility index (Phi) is 3.53. The first-order valence-corrected chi connectivity index (χ1v) is 8.53. The molecule has 5 rings (SSSR count). The molecule has 1 N–H and O–H groups in total. The third-order valence-electron chi connectivity index (χ3n) is 4.75. The van der Waals surface area contributed by atoms with Gasteiger partial charge in [0.2, 0.25) is 6.79 Å². The molecular formula is C19H17N3O4. The molecule has 0 bridgehead atoms. The van der Waals surface area contributed by atoms with Crippen molar-refractivity contribution in [3.05, 3.63) is 63.8 Å². The molecule has 3 aromatic rings. The van der Waals surface area contributed by atoms with E-state index in [9.17, 15) is 4.79 Å². The van der Waals surface area contributed by atoms with Crippen molar-refractivity contribution in [2.24, 2.45) is 0 Å². The van der Waals surface area contributed by atoms with Gasteiger partial charge in [-0.3, -0.25) is 9.69 Å². The van der Waals surface area contributed by atoms with E-state index in [2.05, 4.69) is 14.9 Å². The molecular weight excluding hydrogens is 334 g/mol. The van der Waals surface area contributed by atoms with Gasteiger partial charge in [0.1, 0.15) is 0 Å². The number of furan rings is 1. The van der Waals surface area contributed by atoms with Gasteiger partial charge >= 0.3 is 0 Å². The lowest BCUT2D eigenvalue weighted by atomic mass is 10.1. The van der Waals surface area contributed by atoms with E-state index in [4.69, 9.17) is 13.9 Å². The SMILES string of the molecule is O=c1[nH]c(-c2ccco2)nc2c1CCN(Cc1ccc3c(c1)OCO3)C2. The largest absolute Gasteiger partial charge is 0.461 e. The fourth-order valence-electron chi connectivity index (χ4n) is 3.46. The number of hydrogen-bond donors (Lipinski definition) is 1. The molecule has 0 saturated carbocycles. The summed E-state index contributed by atoms with van der Waals surface area (Å²) < 4.78 is 16.2. The summed E-state index contributed by atoms with van der Waals surface area (Å²) in [6.07, 6.45) is 2.25. The van der Waals surface area contributed by atoms with Crippen LogP contribution >= 0.6 is 0 Å². The Hall–Kier alpha value is -3.06. The number of aromatic nitrogens is 2. The summed E-state index contributed by atoms with van der Waals surface area (Å²) in [6, 6.07) is 9.56. The molecule has 0 atom stereocenters. The van der Waals surface area contributed by atoms with E-state index < -0.39 is 0 Å². The third kappa shape index (κ3) is 2.66. The Labute approximate surface area is 149 Å². The van der Waals surface area contributed by atoms with E-state index in [1.165, 1.54) is 0 Å². The van der Waals surface area contributed by atoms with Crippen LogP contribution in [-0.4, -0.2) is 28.2 Å². The van der Waals surface area contributed by atoms with Crippen molar-refractivity contribution in [1.82, 2.24) is 14.9 Å². The predicted octanol–water partition coefficient (Wildman–Crippen LogP) is 2.32. The number of fused-ring (bicyclic) bond motifs is 2. The fraction of sp³-hybridized carbons (Fsp3) is 0.263. The molecule has 0 fully saturated rings. The van der Waals surface area contributed by atoms with Gasteiger partial charge in [-0.15, -0.1) is 0 Å². The summed E-state index contributed by atoms with van der Waals surface area (Å²) in [6.45, 7) is 2.48. The number of rotatable bonds is 3. The van der Waals surface area contributed by atoms with Gasteiger partial charge in [-0.05, 0) is 36.2 Å². The minimum Gasteiger partial charge on any atom is -0.461 e. The van der Waals surface area contributed by atoms with Gasteiger partial charge in [0, 0.05) is 25.2 Å². The molecule has 0 unspecified atom stereocenters. The van der Waals surface area contributed by atoms with Gasteiger partial charge in [0.15, 0.2) is 23.1 Å². The second kappa shape index (κ2) is 6.03. The fourth-order valence-corrected chi connectivity index (χ4v) is 3.46. The van der Waals surface area contributed by atoms with E-state index in [-0.39, 0.29) is 12.4 Å². The molecule has 7 heteroatoms. The van der Waals surface area contributed by atoms with E-state index in [1.54, 1.807) is 18.4 Å². The Morgan fingerprint density at radius 2 is 2.12 bits per heavy atom. The van der Waals surface area contributed by atoms with Crippen LogP contribution in [0.3, 0.4) is 0 Å². The lowest BCUT2D eigenvalue weighted by Crippen LogP contribution is -2.35. The topological polar surface area (TPSA) is 80.6 Å². The highest BCUT2D eigenvalue weighted by molar-refractivity contribution is 5.47. The Morgan fingerprint density at radius 3 is 3.00 bits per heavy atom. The number of ether oxygens (including phenoxy) is 2. The second-order valence-corrected chi connectivity index (χ2v) is 6.47. The first kappa shape index (κ1) is 15.2. The molecule has 0 radical (unpaired) electrons. The zero-order valence-corrected chi connectivity index (χ0v) is 14.0. The van der Waals surface area contributed by atoms with Gasteiger partial charge < -0.3 is 18.9 Å². The van der Waals surface area contributed by atoms with Gasteiger partial charge in [-0.1, -0.05) is 6.07 Å². The van der Waals surface area contributed by atoms with Crippen LogP contribution in [0.5, 0.6) is 11.5 Å². The zero-order chi connectivity index (χ0) is 17.5. The van der Waals surface area contributed by atoms with Gasteiger partial charge in [-0.25, -0.2) is 4.98 Å². The highest BCUT2D eigenvalue weighted by Gasteiger charge is 2.22. The highest BCUT2D eigenvalue weighted by Crippen LogP contribution is 2.33. The van der Waals surface area contributed by atoms with E-state index in [0.717, 1.165) is 41.4 Å². The van der Waals surface area contributed by atoms with Gasteiger partial charge in [0.25, 0.3) is 5.56 Å². The van der Waals surface area contributed by atoms with Crippen molar-refractivity contribution < 1.29 is 13.9 Å². The predicted molar refractivity (Wildman–Crippen MR) is 92.9 cm³/mol. The number of nitrogens with zero attached hydrogens (tertiary/aromatic N) is 2. The van der Waals surface area contributed by atoms with Crippen molar-refractivity contribution in [1.29, 1.82) is 0 Å². The number of H-pyrrole nitrogens is 1. The van der Waals surface area contributed by atoms with Crippen LogP contribution in [0.15, 0.2) is 45.8 Å². The number of benzene rings is 1. The third-order valence-corrected chi connectivity index (χ3v) is 4.75.